The van der Waals surface area contributed by atoms with Crippen LogP contribution in [0.2, 0.25) is 0 Å². The Morgan fingerprint density at radius 2 is 2.29 bits per heavy atom. The van der Waals surface area contributed by atoms with Crippen LogP contribution in [0.4, 0.5) is 0 Å². The number of carboxylic acid groups (broad SMARTS) is 1. The smallest absolute Gasteiger partial charge is 0.326 e. The Labute approximate surface area is 107 Å². The van der Waals surface area contributed by atoms with E-state index in [0.717, 1.165) is 0 Å². The molecule has 0 saturated carbocycles. The molecule has 0 aliphatic carbocycles. The summed E-state index contributed by atoms with van der Waals surface area (Å²) in [5.41, 5.74) is 0.384. The first-order chi connectivity index (χ1) is 8.04. The van der Waals surface area contributed by atoms with Gasteiger partial charge < -0.3 is 10.4 Å². The third kappa shape index (κ3) is 4.14. The van der Waals surface area contributed by atoms with Crippen LogP contribution in [0.25, 0.3) is 0 Å². The van der Waals surface area contributed by atoms with Gasteiger partial charge in [0.25, 0.3) is 5.91 Å². The van der Waals surface area contributed by atoms with Gasteiger partial charge in [-0.2, -0.15) is 0 Å². The van der Waals surface area contributed by atoms with Crippen LogP contribution in [0.15, 0.2) is 22.9 Å². The van der Waals surface area contributed by atoms with Gasteiger partial charge in [-0.05, 0) is 34.5 Å². The third-order valence-electron chi connectivity index (χ3n) is 2.17. The summed E-state index contributed by atoms with van der Waals surface area (Å²) in [6.07, 6.45) is 2.58. The Morgan fingerprint density at radius 1 is 1.59 bits per heavy atom. The molecule has 0 aliphatic heterocycles. The molecule has 1 heterocycles. The highest BCUT2D eigenvalue weighted by Crippen LogP contribution is 2.08. The fraction of sp³-hybridized carbons (Fsp3) is 0.364. The molecule has 0 radical (unpaired) electrons. The molecule has 1 rings (SSSR count). The van der Waals surface area contributed by atoms with Gasteiger partial charge in [-0.25, -0.2) is 9.78 Å². The molecule has 5 nitrogen and oxygen atoms in total. The van der Waals surface area contributed by atoms with Crippen molar-refractivity contribution < 1.29 is 14.7 Å². The molecule has 1 amide bonds. The Bertz CT molecular complexity index is 423. The van der Waals surface area contributed by atoms with E-state index in [-0.39, 0.29) is 0 Å². The molecule has 0 fully saturated rings. The van der Waals surface area contributed by atoms with Crippen molar-refractivity contribution in [2.24, 2.45) is 0 Å². The summed E-state index contributed by atoms with van der Waals surface area (Å²) in [7, 11) is 0. The predicted octanol–water partition coefficient (Wildman–Crippen LogP) is 1.83. The first-order valence-corrected chi connectivity index (χ1v) is 5.99. The minimum absolute atomic E-state index is 0.384. The third-order valence-corrected chi connectivity index (χ3v) is 2.60. The van der Waals surface area contributed by atoms with Gasteiger partial charge in [-0.1, -0.05) is 13.3 Å². The van der Waals surface area contributed by atoms with Gasteiger partial charge in [0.1, 0.15) is 10.6 Å². The zero-order valence-corrected chi connectivity index (χ0v) is 10.9. The van der Waals surface area contributed by atoms with E-state index < -0.39 is 17.9 Å². The van der Waals surface area contributed by atoms with Crippen LogP contribution in [-0.4, -0.2) is 28.0 Å². The van der Waals surface area contributed by atoms with E-state index in [4.69, 9.17) is 5.11 Å². The number of hydrogen-bond acceptors (Lipinski definition) is 3. The van der Waals surface area contributed by atoms with Gasteiger partial charge in [0, 0.05) is 11.8 Å². The molecule has 0 aromatic carbocycles. The number of halogens is 1. The fourth-order valence-corrected chi connectivity index (χ4v) is 1.70. The van der Waals surface area contributed by atoms with Crippen LogP contribution in [0.1, 0.15) is 30.1 Å². The van der Waals surface area contributed by atoms with Crippen LogP contribution in [-0.2, 0) is 4.79 Å². The fourth-order valence-electron chi connectivity index (χ4n) is 1.33. The zero-order chi connectivity index (χ0) is 12.8. The van der Waals surface area contributed by atoms with E-state index in [9.17, 15) is 9.59 Å². The van der Waals surface area contributed by atoms with Gasteiger partial charge in [0.2, 0.25) is 0 Å². The lowest BCUT2D eigenvalue weighted by Gasteiger charge is -2.13. The highest BCUT2D eigenvalue weighted by Gasteiger charge is 2.19. The normalized spacial score (nSPS) is 11.9. The molecule has 0 bridgehead atoms. The Kier molecular flexibility index (Phi) is 5.09. The number of carbonyl (C=O) groups excluding carboxylic acids is 1. The maximum atomic E-state index is 11.8. The topological polar surface area (TPSA) is 79.3 Å². The van der Waals surface area contributed by atoms with Gasteiger partial charge in [-0.15, -0.1) is 0 Å². The van der Waals surface area contributed by atoms with Crippen molar-refractivity contribution in [3.8, 4) is 0 Å². The number of aliphatic carboxylic acids is 1. The standard InChI is InChI=1S/C11H13BrN2O3/c1-2-3-8(11(16)17)14-10(15)7-4-5-13-9(12)6-7/h4-6,8H,2-3H2,1H3,(H,14,15)(H,16,17)/t8-/m0/s1. The number of pyridine rings is 1. The summed E-state index contributed by atoms with van der Waals surface area (Å²) in [4.78, 5) is 26.5. The molecule has 0 saturated heterocycles. The molecular weight excluding hydrogens is 288 g/mol. The number of carboxylic acids is 1. The number of amides is 1. The van der Waals surface area contributed by atoms with E-state index in [2.05, 4.69) is 26.2 Å². The summed E-state index contributed by atoms with van der Waals surface area (Å²) >= 11 is 3.15. The summed E-state index contributed by atoms with van der Waals surface area (Å²) < 4.78 is 0.535. The van der Waals surface area contributed by atoms with Gasteiger partial charge in [0.15, 0.2) is 0 Å². The quantitative estimate of drug-likeness (QED) is 0.813. The first kappa shape index (κ1) is 13.6. The molecule has 0 aliphatic rings. The number of aromatic nitrogens is 1. The molecular formula is C11H13BrN2O3. The minimum Gasteiger partial charge on any atom is -0.480 e. The second-order valence-corrected chi connectivity index (χ2v) is 4.33. The molecule has 2 N–H and O–H groups in total. The monoisotopic (exact) mass is 300 g/mol. The lowest BCUT2D eigenvalue weighted by Crippen LogP contribution is -2.40. The average molecular weight is 301 g/mol. The summed E-state index contributed by atoms with van der Waals surface area (Å²) in [5.74, 6) is -1.43. The van der Waals surface area contributed by atoms with Crippen LogP contribution in [0.5, 0.6) is 0 Å². The van der Waals surface area contributed by atoms with Crippen LogP contribution in [0, 0.1) is 0 Å². The Morgan fingerprint density at radius 3 is 2.82 bits per heavy atom. The Balaban J connectivity index is 2.73. The molecule has 0 spiro atoms. The largest absolute Gasteiger partial charge is 0.480 e. The van der Waals surface area contributed by atoms with E-state index >= 15 is 0 Å². The zero-order valence-electron chi connectivity index (χ0n) is 9.31. The van der Waals surface area contributed by atoms with Crippen molar-refractivity contribution in [1.29, 1.82) is 0 Å². The SMILES string of the molecule is CCC[C@H](NC(=O)c1ccnc(Br)c1)C(=O)O. The molecule has 0 unspecified atom stereocenters. The summed E-state index contributed by atoms with van der Waals surface area (Å²) in [6.45, 7) is 1.87. The number of nitrogens with zero attached hydrogens (tertiary/aromatic N) is 1. The maximum Gasteiger partial charge on any atom is 0.326 e. The van der Waals surface area contributed by atoms with Crippen LogP contribution >= 0.6 is 15.9 Å². The lowest BCUT2D eigenvalue weighted by atomic mass is 10.1. The van der Waals surface area contributed by atoms with Gasteiger partial charge in [0.05, 0.1) is 0 Å². The highest BCUT2D eigenvalue weighted by molar-refractivity contribution is 9.10. The summed E-state index contributed by atoms with van der Waals surface area (Å²) in [5, 5.41) is 11.4. The summed E-state index contributed by atoms with van der Waals surface area (Å²) in [6, 6.07) is 2.23. The second kappa shape index (κ2) is 6.34. The molecule has 1 atom stereocenters. The second-order valence-electron chi connectivity index (χ2n) is 3.52. The average Bonchev–Trinajstić information content (AvgIpc) is 2.28. The predicted molar refractivity (Wildman–Crippen MR) is 65.7 cm³/mol. The Hall–Kier alpha value is -1.43. The number of nitrogens with one attached hydrogen (secondary N) is 1. The minimum atomic E-state index is -1.02. The molecule has 17 heavy (non-hydrogen) atoms. The van der Waals surface area contributed by atoms with Gasteiger partial charge >= 0.3 is 5.97 Å². The van der Waals surface area contributed by atoms with Crippen molar-refractivity contribution in [3.05, 3.63) is 28.5 Å². The van der Waals surface area contributed by atoms with Crippen molar-refractivity contribution in [2.75, 3.05) is 0 Å². The molecule has 6 heteroatoms. The molecule has 92 valence electrons. The van der Waals surface area contributed by atoms with E-state index in [1.54, 1.807) is 6.07 Å². The number of hydrogen-bond donors (Lipinski definition) is 2. The van der Waals surface area contributed by atoms with Crippen LogP contribution in [0.3, 0.4) is 0 Å². The maximum absolute atomic E-state index is 11.8. The van der Waals surface area contributed by atoms with Crippen molar-refractivity contribution in [2.45, 2.75) is 25.8 Å². The van der Waals surface area contributed by atoms with E-state index in [1.165, 1.54) is 12.3 Å². The lowest BCUT2D eigenvalue weighted by molar-refractivity contribution is -0.139. The first-order valence-electron chi connectivity index (χ1n) is 5.19. The number of rotatable bonds is 5. The van der Waals surface area contributed by atoms with Crippen molar-refractivity contribution in [1.82, 2.24) is 10.3 Å². The molecule has 1 aromatic heterocycles. The number of carbonyl (C=O) groups is 2. The van der Waals surface area contributed by atoms with Crippen LogP contribution < -0.4 is 5.32 Å². The van der Waals surface area contributed by atoms with Crippen molar-refractivity contribution in [3.63, 3.8) is 0 Å². The van der Waals surface area contributed by atoms with Gasteiger partial charge in [-0.3, -0.25) is 4.79 Å². The van der Waals surface area contributed by atoms with E-state index in [0.29, 0.717) is 23.0 Å². The highest BCUT2D eigenvalue weighted by atomic mass is 79.9. The van der Waals surface area contributed by atoms with E-state index in [1.807, 2.05) is 6.92 Å². The van der Waals surface area contributed by atoms with Crippen molar-refractivity contribution >= 4 is 27.8 Å². The molecule has 1 aromatic rings.